The molecular formula is C32H38O2. The first-order valence-corrected chi connectivity index (χ1v) is 12.3. The third kappa shape index (κ3) is 4.31. The summed E-state index contributed by atoms with van der Waals surface area (Å²) in [4.78, 5) is 12.3. The molecule has 0 saturated carbocycles. The van der Waals surface area contributed by atoms with Crippen LogP contribution in [0.15, 0.2) is 36.4 Å². The Hall–Kier alpha value is -2.87. The number of aryl methyl sites for hydroxylation is 4. The van der Waals surface area contributed by atoms with E-state index in [-0.39, 0.29) is 16.8 Å². The quantitative estimate of drug-likeness (QED) is 0.287. The number of fused-ring (bicyclic) bond motifs is 1. The lowest BCUT2D eigenvalue weighted by Gasteiger charge is -2.25. The standard InChI is InChI=1S/C32H38O2/c1-18-13-27(31(5,6)7)20(3)11-24(18)22-15-23-17-29(33)34-30(23)26(16-22)25-12-21(4)28(14-19(25)2)32(8,9)10/h11-16H,17H2,1-10H3. The normalized spacial score (nSPS) is 13.8. The van der Waals surface area contributed by atoms with Gasteiger partial charge in [0, 0.05) is 11.1 Å². The summed E-state index contributed by atoms with van der Waals surface area (Å²) < 4.78 is 5.75. The molecule has 0 unspecified atom stereocenters. The van der Waals surface area contributed by atoms with Gasteiger partial charge in [-0.3, -0.25) is 4.79 Å². The molecule has 2 nitrogen and oxygen atoms in total. The molecule has 0 aliphatic carbocycles. The minimum absolute atomic E-state index is 0.0765. The summed E-state index contributed by atoms with van der Waals surface area (Å²) in [6.45, 7) is 22.3. The monoisotopic (exact) mass is 454 g/mol. The van der Waals surface area contributed by atoms with Crippen molar-refractivity contribution in [3.05, 3.63) is 75.3 Å². The van der Waals surface area contributed by atoms with Crippen molar-refractivity contribution in [2.75, 3.05) is 0 Å². The van der Waals surface area contributed by atoms with Gasteiger partial charge in [0.05, 0.1) is 6.42 Å². The first kappa shape index (κ1) is 24.3. The molecule has 34 heavy (non-hydrogen) atoms. The molecule has 0 aromatic heterocycles. The Morgan fingerprint density at radius 1 is 0.618 bits per heavy atom. The highest BCUT2D eigenvalue weighted by Gasteiger charge is 2.28. The van der Waals surface area contributed by atoms with Crippen molar-refractivity contribution in [1.82, 2.24) is 0 Å². The van der Waals surface area contributed by atoms with Crippen molar-refractivity contribution in [2.45, 2.75) is 86.5 Å². The third-order valence-corrected chi connectivity index (χ3v) is 7.08. The van der Waals surface area contributed by atoms with Crippen LogP contribution in [0.25, 0.3) is 22.3 Å². The lowest BCUT2D eigenvalue weighted by Crippen LogP contribution is -2.13. The summed E-state index contributed by atoms with van der Waals surface area (Å²) >= 11 is 0. The van der Waals surface area contributed by atoms with E-state index in [1.165, 1.54) is 38.9 Å². The summed E-state index contributed by atoms with van der Waals surface area (Å²) in [6.07, 6.45) is 0.326. The SMILES string of the molecule is Cc1cc(C(C)(C)C)c(C)cc1-c1cc2c(c(-c3cc(C)c(C(C)(C)C)cc3C)c1)OC(=O)C2. The van der Waals surface area contributed by atoms with Crippen LogP contribution in [0.2, 0.25) is 0 Å². The smallest absolute Gasteiger partial charge is 0.315 e. The number of ether oxygens (including phenoxy) is 1. The van der Waals surface area contributed by atoms with Crippen molar-refractivity contribution < 1.29 is 9.53 Å². The fourth-order valence-corrected chi connectivity index (χ4v) is 5.45. The van der Waals surface area contributed by atoms with Crippen molar-refractivity contribution in [1.29, 1.82) is 0 Å². The van der Waals surface area contributed by atoms with Crippen LogP contribution in [0.4, 0.5) is 0 Å². The van der Waals surface area contributed by atoms with Crippen molar-refractivity contribution in [2.24, 2.45) is 0 Å². The van der Waals surface area contributed by atoms with E-state index in [4.69, 9.17) is 4.74 Å². The van der Waals surface area contributed by atoms with E-state index in [0.717, 1.165) is 28.0 Å². The Balaban J connectivity index is 1.95. The number of carbonyl (C=O) groups is 1. The molecule has 0 N–H and O–H groups in total. The molecule has 0 saturated heterocycles. The molecule has 0 radical (unpaired) electrons. The minimum atomic E-state index is -0.176. The van der Waals surface area contributed by atoms with E-state index in [2.05, 4.69) is 106 Å². The van der Waals surface area contributed by atoms with Gasteiger partial charge in [-0.25, -0.2) is 0 Å². The predicted octanol–water partition coefficient (Wildman–Crippen LogP) is 8.31. The summed E-state index contributed by atoms with van der Waals surface area (Å²) in [6, 6.07) is 13.6. The maximum absolute atomic E-state index is 12.3. The Morgan fingerprint density at radius 3 is 1.65 bits per heavy atom. The lowest BCUT2D eigenvalue weighted by atomic mass is 9.80. The Kier molecular flexibility index (Phi) is 5.79. The maximum atomic E-state index is 12.3. The van der Waals surface area contributed by atoms with Gasteiger partial charge in [0.2, 0.25) is 0 Å². The van der Waals surface area contributed by atoms with Gasteiger partial charge in [-0.15, -0.1) is 0 Å². The summed E-state index contributed by atoms with van der Waals surface area (Å²) in [7, 11) is 0. The van der Waals surface area contributed by atoms with Gasteiger partial charge in [-0.1, -0.05) is 65.8 Å². The Bertz CT molecular complexity index is 1310. The topological polar surface area (TPSA) is 26.3 Å². The average molecular weight is 455 g/mol. The van der Waals surface area contributed by atoms with Gasteiger partial charge in [0.25, 0.3) is 0 Å². The maximum Gasteiger partial charge on any atom is 0.315 e. The molecule has 4 rings (SSSR count). The highest BCUT2D eigenvalue weighted by atomic mass is 16.5. The number of benzene rings is 3. The molecule has 0 fully saturated rings. The molecule has 0 spiro atoms. The molecule has 1 heterocycles. The van der Waals surface area contributed by atoms with Crippen LogP contribution in [0, 0.1) is 27.7 Å². The van der Waals surface area contributed by atoms with Gasteiger partial charge in [-0.05, 0) is 101 Å². The van der Waals surface area contributed by atoms with E-state index < -0.39 is 0 Å². The van der Waals surface area contributed by atoms with Crippen LogP contribution in [-0.4, -0.2) is 5.97 Å². The van der Waals surface area contributed by atoms with Gasteiger partial charge in [-0.2, -0.15) is 0 Å². The molecule has 3 aromatic carbocycles. The van der Waals surface area contributed by atoms with Crippen LogP contribution in [-0.2, 0) is 22.0 Å². The number of rotatable bonds is 2. The van der Waals surface area contributed by atoms with E-state index in [1.54, 1.807) is 0 Å². The second kappa shape index (κ2) is 8.12. The number of hydrogen-bond acceptors (Lipinski definition) is 2. The number of carbonyl (C=O) groups excluding carboxylic acids is 1. The molecule has 0 amide bonds. The van der Waals surface area contributed by atoms with E-state index in [1.807, 2.05) is 0 Å². The molecule has 178 valence electrons. The fraction of sp³-hybridized carbons (Fsp3) is 0.406. The average Bonchev–Trinajstić information content (AvgIpc) is 3.08. The van der Waals surface area contributed by atoms with Gasteiger partial charge >= 0.3 is 5.97 Å². The van der Waals surface area contributed by atoms with Gasteiger partial charge in [0.1, 0.15) is 5.75 Å². The molecular weight excluding hydrogens is 416 g/mol. The number of hydrogen-bond donors (Lipinski definition) is 0. The zero-order chi connectivity index (χ0) is 25.2. The second-order valence-corrected chi connectivity index (χ2v) is 12.1. The largest absolute Gasteiger partial charge is 0.425 e. The van der Waals surface area contributed by atoms with E-state index in [0.29, 0.717) is 6.42 Å². The van der Waals surface area contributed by atoms with Crippen molar-refractivity contribution in [3.63, 3.8) is 0 Å². The minimum Gasteiger partial charge on any atom is -0.425 e. The molecule has 2 heteroatoms. The van der Waals surface area contributed by atoms with Gasteiger partial charge in [0.15, 0.2) is 0 Å². The van der Waals surface area contributed by atoms with Crippen LogP contribution in [0.1, 0.15) is 80.5 Å². The molecule has 3 aromatic rings. The van der Waals surface area contributed by atoms with Crippen LogP contribution >= 0.6 is 0 Å². The zero-order valence-corrected chi connectivity index (χ0v) is 22.5. The molecule has 0 bridgehead atoms. The van der Waals surface area contributed by atoms with Crippen LogP contribution in [0.5, 0.6) is 5.75 Å². The van der Waals surface area contributed by atoms with Crippen molar-refractivity contribution in [3.8, 4) is 28.0 Å². The summed E-state index contributed by atoms with van der Waals surface area (Å²) in [5, 5.41) is 0. The molecule has 1 aliphatic rings. The predicted molar refractivity (Wildman–Crippen MR) is 143 cm³/mol. The molecule has 0 atom stereocenters. The summed E-state index contributed by atoms with van der Waals surface area (Å²) in [5.41, 5.74) is 13.4. The Morgan fingerprint density at radius 2 is 1.12 bits per heavy atom. The van der Waals surface area contributed by atoms with Crippen LogP contribution < -0.4 is 4.74 Å². The first-order valence-electron chi connectivity index (χ1n) is 12.3. The Labute approximate surface area is 205 Å². The fourth-order valence-electron chi connectivity index (χ4n) is 5.45. The van der Waals surface area contributed by atoms with Gasteiger partial charge < -0.3 is 4.74 Å². The zero-order valence-electron chi connectivity index (χ0n) is 22.5. The summed E-state index contributed by atoms with van der Waals surface area (Å²) in [5.74, 6) is 0.547. The highest BCUT2D eigenvalue weighted by molar-refractivity contribution is 5.91. The molecule has 1 aliphatic heterocycles. The van der Waals surface area contributed by atoms with Crippen molar-refractivity contribution >= 4 is 5.97 Å². The number of esters is 1. The van der Waals surface area contributed by atoms with E-state index >= 15 is 0 Å². The van der Waals surface area contributed by atoms with E-state index in [9.17, 15) is 4.79 Å². The third-order valence-electron chi connectivity index (χ3n) is 7.08. The highest BCUT2D eigenvalue weighted by Crippen LogP contribution is 2.44. The van der Waals surface area contributed by atoms with Crippen LogP contribution in [0.3, 0.4) is 0 Å². The first-order chi connectivity index (χ1) is 15.7. The lowest BCUT2D eigenvalue weighted by molar-refractivity contribution is -0.131. The second-order valence-electron chi connectivity index (χ2n) is 12.1.